The first kappa shape index (κ1) is 14.4. The third kappa shape index (κ3) is 3.98. The molecule has 0 atom stereocenters. The van der Waals surface area contributed by atoms with Gasteiger partial charge in [0.25, 0.3) is 0 Å². The Morgan fingerprint density at radius 3 is 2.90 bits per heavy atom. The summed E-state index contributed by atoms with van der Waals surface area (Å²) in [6.45, 7) is 2.21. The van der Waals surface area contributed by atoms with Gasteiger partial charge in [0.15, 0.2) is 11.5 Å². The van der Waals surface area contributed by atoms with E-state index in [0.717, 1.165) is 0 Å². The number of nitriles is 1. The topological polar surface area (TPSA) is 72.5 Å². The summed E-state index contributed by atoms with van der Waals surface area (Å²) in [5.74, 6) is 0.620. The number of hydrogen-bond acceptors (Lipinski definition) is 5. The average Bonchev–Trinajstić information content (AvgIpc) is 3.00. The van der Waals surface area contributed by atoms with Gasteiger partial charge in [-0.2, -0.15) is 5.26 Å². The maximum Gasteiger partial charge on any atom is 0.336 e. The zero-order valence-electron chi connectivity index (χ0n) is 11.4. The second kappa shape index (κ2) is 6.96. The normalized spacial score (nSPS) is 10.3. The fraction of sp³-hybridized carbons (Fsp3) is 0.125. The number of benzene rings is 1. The third-order valence-electron chi connectivity index (χ3n) is 2.51. The molecular weight excluding hydrogens is 270 g/mol. The molecule has 0 radical (unpaired) electrons. The molecule has 0 fully saturated rings. The first-order valence-electron chi connectivity index (χ1n) is 6.33. The molecule has 0 aliphatic rings. The van der Waals surface area contributed by atoms with Crippen LogP contribution in [0, 0.1) is 11.3 Å². The minimum atomic E-state index is -0.558. The average molecular weight is 283 g/mol. The van der Waals surface area contributed by atoms with Crippen molar-refractivity contribution in [1.82, 2.24) is 0 Å². The van der Waals surface area contributed by atoms with E-state index in [1.165, 1.54) is 30.5 Å². The highest BCUT2D eigenvalue weighted by Crippen LogP contribution is 2.28. The molecule has 0 aliphatic heterocycles. The Balaban J connectivity index is 2.11. The van der Waals surface area contributed by atoms with Gasteiger partial charge in [-0.15, -0.1) is 0 Å². The number of rotatable bonds is 5. The highest BCUT2D eigenvalue weighted by molar-refractivity contribution is 5.88. The Morgan fingerprint density at radius 1 is 1.38 bits per heavy atom. The van der Waals surface area contributed by atoms with Crippen molar-refractivity contribution in [3.8, 4) is 17.6 Å². The standard InChI is InChI=1S/C16H13NO4/c1-2-19-15-10-12(11-17)5-7-14(15)21-16(18)8-6-13-4-3-9-20-13/h3-10H,2H2,1H3/b8-6+. The van der Waals surface area contributed by atoms with Gasteiger partial charge in [-0.25, -0.2) is 4.79 Å². The van der Waals surface area contributed by atoms with Gasteiger partial charge in [0.05, 0.1) is 24.5 Å². The summed E-state index contributed by atoms with van der Waals surface area (Å²) in [6, 6.07) is 10.1. The SMILES string of the molecule is CCOc1cc(C#N)ccc1OC(=O)/C=C/c1ccco1. The number of esters is 1. The Hall–Kier alpha value is -3.00. The Kier molecular flexibility index (Phi) is 4.78. The van der Waals surface area contributed by atoms with E-state index in [9.17, 15) is 4.79 Å². The zero-order valence-corrected chi connectivity index (χ0v) is 11.4. The Labute approximate surface area is 122 Å². The largest absolute Gasteiger partial charge is 0.490 e. The van der Waals surface area contributed by atoms with E-state index in [0.29, 0.717) is 23.7 Å². The quantitative estimate of drug-likeness (QED) is 0.478. The van der Waals surface area contributed by atoms with Gasteiger partial charge in [-0.1, -0.05) is 0 Å². The zero-order chi connectivity index (χ0) is 15.1. The summed E-state index contributed by atoms with van der Waals surface area (Å²) >= 11 is 0. The molecule has 0 spiro atoms. The third-order valence-corrected chi connectivity index (χ3v) is 2.51. The van der Waals surface area contributed by atoms with Crippen LogP contribution < -0.4 is 9.47 Å². The molecule has 0 N–H and O–H groups in total. The van der Waals surface area contributed by atoms with E-state index in [2.05, 4.69) is 0 Å². The van der Waals surface area contributed by atoms with Gasteiger partial charge in [0.1, 0.15) is 5.76 Å². The van der Waals surface area contributed by atoms with Gasteiger partial charge >= 0.3 is 5.97 Å². The smallest absolute Gasteiger partial charge is 0.336 e. The van der Waals surface area contributed by atoms with Crippen LogP contribution in [-0.4, -0.2) is 12.6 Å². The van der Waals surface area contributed by atoms with Crippen LogP contribution in [0.15, 0.2) is 47.1 Å². The van der Waals surface area contributed by atoms with Crippen LogP contribution in [0.25, 0.3) is 6.08 Å². The predicted molar refractivity (Wildman–Crippen MR) is 75.7 cm³/mol. The minimum Gasteiger partial charge on any atom is -0.490 e. The number of hydrogen-bond donors (Lipinski definition) is 0. The lowest BCUT2D eigenvalue weighted by Crippen LogP contribution is -2.06. The molecule has 0 amide bonds. The molecule has 2 aromatic rings. The molecule has 0 saturated heterocycles. The summed E-state index contributed by atoms with van der Waals surface area (Å²) in [5.41, 5.74) is 0.435. The van der Waals surface area contributed by atoms with Crippen molar-refractivity contribution in [3.63, 3.8) is 0 Å². The van der Waals surface area contributed by atoms with Gasteiger partial charge < -0.3 is 13.9 Å². The van der Waals surface area contributed by atoms with Crippen molar-refractivity contribution in [3.05, 3.63) is 54.0 Å². The first-order chi connectivity index (χ1) is 10.2. The van der Waals surface area contributed by atoms with Crippen molar-refractivity contribution in [2.75, 3.05) is 6.61 Å². The Morgan fingerprint density at radius 2 is 2.24 bits per heavy atom. The lowest BCUT2D eigenvalue weighted by Gasteiger charge is -2.09. The molecule has 1 heterocycles. The molecule has 5 nitrogen and oxygen atoms in total. The van der Waals surface area contributed by atoms with Crippen LogP contribution in [0.2, 0.25) is 0 Å². The van der Waals surface area contributed by atoms with E-state index in [1.54, 1.807) is 18.2 Å². The van der Waals surface area contributed by atoms with Gasteiger partial charge in [0.2, 0.25) is 0 Å². The van der Waals surface area contributed by atoms with Crippen LogP contribution in [0.3, 0.4) is 0 Å². The van der Waals surface area contributed by atoms with Gasteiger partial charge in [-0.05, 0) is 37.3 Å². The lowest BCUT2D eigenvalue weighted by molar-refractivity contribution is -0.129. The lowest BCUT2D eigenvalue weighted by atomic mass is 10.2. The van der Waals surface area contributed by atoms with Crippen LogP contribution in [-0.2, 0) is 4.79 Å². The molecule has 0 aliphatic carbocycles. The molecule has 21 heavy (non-hydrogen) atoms. The van der Waals surface area contributed by atoms with E-state index in [4.69, 9.17) is 19.2 Å². The molecule has 5 heteroatoms. The van der Waals surface area contributed by atoms with Crippen LogP contribution >= 0.6 is 0 Å². The summed E-state index contributed by atoms with van der Waals surface area (Å²) in [4.78, 5) is 11.7. The van der Waals surface area contributed by atoms with E-state index >= 15 is 0 Å². The van der Waals surface area contributed by atoms with Crippen molar-refractivity contribution in [2.45, 2.75) is 6.92 Å². The second-order valence-electron chi connectivity index (χ2n) is 3.98. The Bertz CT molecular complexity index is 681. The first-order valence-corrected chi connectivity index (χ1v) is 6.33. The molecule has 2 rings (SSSR count). The summed E-state index contributed by atoms with van der Waals surface area (Å²) < 4.78 is 15.6. The molecule has 1 aromatic carbocycles. The monoisotopic (exact) mass is 283 g/mol. The second-order valence-corrected chi connectivity index (χ2v) is 3.98. The van der Waals surface area contributed by atoms with Crippen molar-refractivity contribution < 1.29 is 18.7 Å². The maximum absolute atomic E-state index is 11.7. The molecule has 1 aromatic heterocycles. The predicted octanol–water partition coefficient (Wildman–Crippen LogP) is 3.17. The van der Waals surface area contributed by atoms with E-state index in [1.807, 2.05) is 13.0 Å². The van der Waals surface area contributed by atoms with Crippen molar-refractivity contribution in [1.29, 1.82) is 5.26 Å². The highest BCUT2D eigenvalue weighted by Gasteiger charge is 2.09. The van der Waals surface area contributed by atoms with Gasteiger partial charge in [0, 0.05) is 12.1 Å². The van der Waals surface area contributed by atoms with E-state index in [-0.39, 0.29) is 5.75 Å². The highest BCUT2D eigenvalue weighted by atomic mass is 16.6. The maximum atomic E-state index is 11.7. The summed E-state index contributed by atoms with van der Waals surface area (Å²) in [5, 5.41) is 8.86. The molecular formula is C16H13NO4. The van der Waals surface area contributed by atoms with Gasteiger partial charge in [-0.3, -0.25) is 0 Å². The summed E-state index contributed by atoms with van der Waals surface area (Å²) in [7, 11) is 0. The van der Waals surface area contributed by atoms with E-state index < -0.39 is 5.97 Å². The number of nitrogens with zero attached hydrogens (tertiary/aromatic N) is 1. The van der Waals surface area contributed by atoms with Crippen LogP contribution in [0.1, 0.15) is 18.2 Å². The minimum absolute atomic E-state index is 0.268. The number of furan rings is 1. The molecule has 0 bridgehead atoms. The molecule has 106 valence electrons. The number of carbonyl (C=O) groups excluding carboxylic acids is 1. The summed E-state index contributed by atoms with van der Waals surface area (Å²) in [6.07, 6.45) is 4.28. The van der Waals surface area contributed by atoms with Crippen LogP contribution in [0.4, 0.5) is 0 Å². The fourth-order valence-electron chi connectivity index (χ4n) is 1.61. The van der Waals surface area contributed by atoms with Crippen molar-refractivity contribution in [2.24, 2.45) is 0 Å². The number of ether oxygens (including phenoxy) is 2. The molecule has 0 unspecified atom stereocenters. The van der Waals surface area contributed by atoms with Crippen molar-refractivity contribution >= 4 is 12.0 Å². The molecule has 0 saturated carbocycles. The number of carbonyl (C=O) groups is 1. The fourth-order valence-corrected chi connectivity index (χ4v) is 1.61. The van der Waals surface area contributed by atoms with Crippen LogP contribution in [0.5, 0.6) is 11.5 Å².